The topological polar surface area (TPSA) is 84.2 Å². The van der Waals surface area contributed by atoms with E-state index in [1.165, 1.54) is 17.1 Å². The van der Waals surface area contributed by atoms with Crippen LogP contribution in [0.4, 0.5) is 0 Å². The molecule has 0 amide bonds. The summed E-state index contributed by atoms with van der Waals surface area (Å²) < 4.78 is 28.5. The van der Waals surface area contributed by atoms with Gasteiger partial charge >= 0.3 is 0 Å². The van der Waals surface area contributed by atoms with E-state index in [2.05, 4.69) is 9.82 Å². The zero-order valence-electron chi connectivity index (χ0n) is 12.4. The van der Waals surface area contributed by atoms with Gasteiger partial charge in [0.1, 0.15) is 10.5 Å². The van der Waals surface area contributed by atoms with Crippen LogP contribution in [0.15, 0.2) is 41.6 Å². The molecule has 0 saturated carbocycles. The van der Waals surface area contributed by atoms with Crippen LogP contribution in [0.1, 0.15) is 24.0 Å². The first kappa shape index (κ1) is 15.2. The Morgan fingerprint density at radius 2 is 2.18 bits per heavy atom. The summed E-state index contributed by atoms with van der Waals surface area (Å²) in [6, 6.07) is 7.65. The Morgan fingerprint density at radius 3 is 2.91 bits per heavy atom. The first-order valence-electron chi connectivity index (χ1n) is 7.20. The van der Waals surface area contributed by atoms with E-state index in [1.807, 2.05) is 24.3 Å². The van der Waals surface area contributed by atoms with E-state index >= 15 is 0 Å². The zero-order chi connectivity index (χ0) is 15.8. The maximum Gasteiger partial charge on any atom is 0.243 e. The molecule has 2 aromatic rings. The lowest BCUT2D eigenvalue weighted by atomic mass is 9.79. The number of hydrogen-bond acceptors (Lipinski definition) is 4. The summed E-state index contributed by atoms with van der Waals surface area (Å²) in [5.41, 5.74) is 0.733. The Balaban J connectivity index is 1.82. The lowest BCUT2D eigenvalue weighted by molar-refractivity contribution is 0.0243. The number of aliphatic hydroxyl groups is 1. The summed E-state index contributed by atoms with van der Waals surface area (Å²) in [7, 11) is -2.02. The fourth-order valence-electron chi connectivity index (χ4n) is 2.92. The molecule has 22 heavy (non-hydrogen) atoms. The Kier molecular flexibility index (Phi) is 3.80. The molecule has 0 spiro atoms. The van der Waals surface area contributed by atoms with Crippen LogP contribution in [0.5, 0.6) is 0 Å². The van der Waals surface area contributed by atoms with Crippen molar-refractivity contribution in [3.05, 3.63) is 47.8 Å². The van der Waals surface area contributed by atoms with Gasteiger partial charge in [-0.15, -0.1) is 0 Å². The number of nitrogens with one attached hydrogen (secondary N) is 1. The molecule has 6 nitrogen and oxygen atoms in total. The van der Waals surface area contributed by atoms with Crippen LogP contribution in [0.25, 0.3) is 0 Å². The van der Waals surface area contributed by atoms with Crippen molar-refractivity contribution in [3.63, 3.8) is 0 Å². The van der Waals surface area contributed by atoms with Crippen molar-refractivity contribution < 1.29 is 13.5 Å². The van der Waals surface area contributed by atoms with E-state index in [0.717, 1.165) is 24.0 Å². The number of sulfonamides is 1. The van der Waals surface area contributed by atoms with E-state index in [4.69, 9.17) is 0 Å². The number of hydrogen-bond donors (Lipinski definition) is 2. The summed E-state index contributed by atoms with van der Waals surface area (Å²) in [4.78, 5) is 0.0997. The van der Waals surface area contributed by atoms with E-state index in [9.17, 15) is 13.5 Å². The number of aryl methyl sites for hydroxylation is 2. The Hall–Kier alpha value is -1.70. The van der Waals surface area contributed by atoms with Crippen molar-refractivity contribution in [1.29, 1.82) is 0 Å². The molecule has 2 N–H and O–H groups in total. The predicted octanol–water partition coefficient (Wildman–Crippen LogP) is 0.922. The van der Waals surface area contributed by atoms with Gasteiger partial charge in [0.25, 0.3) is 0 Å². The molecule has 1 aromatic heterocycles. The van der Waals surface area contributed by atoms with Crippen molar-refractivity contribution in [1.82, 2.24) is 14.5 Å². The average Bonchev–Trinajstić information content (AvgIpc) is 2.94. The highest BCUT2D eigenvalue weighted by Crippen LogP contribution is 2.34. The summed E-state index contributed by atoms with van der Waals surface area (Å²) in [6.45, 7) is -0.0404. The van der Waals surface area contributed by atoms with Crippen molar-refractivity contribution in [3.8, 4) is 0 Å². The van der Waals surface area contributed by atoms with E-state index in [0.29, 0.717) is 6.42 Å². The van der Waals surface area contributed by atoms with Crippen LogP contribution in [0.3, 0.4) is 0 Å². The molecule has 0 saturated heterocycles. The SMILES string of the molecule is Cn1cc(S(=O)(=O)NC[C@]2(O)CCCc3ccccc32)cn1. The molecule has 3 rings (SSSR count). The van der Waals surface area contributed by atoms with Gasteiger partial charge in [-0.25, -0.2) is 13.1 Å². The van der Waals surface area contributed by atoms with Gasteiger partial charge in [-0.2, -0.15) is 5.10 Å². The molecule has 1 aromatic carbocycles. The summed E-state index contributed by atoms with van der Waals surface area (Å²) in [6.07, 6.45) is 5.01. The van der Waals surface area contributed by atoms with Gasteiger partial charge < -0.3 is 5.11 Å². The minimum Gasteiger partial charge on any atom is -0.384 e. The zero-order valence-corrected chi connectivity index (χ0v) is 13.2. The van der Waals surface area contributed by atoms with Gasteiger partial charge in [-0.05, 0) is 30.4 Å². The second-order valence-corrected chi connectivity index (χ2v) is 7.48. The van der Waals surface area contributed by atoms with Crippen LogP contribution in [-0.4, -0.2) is 29.8 Å². The Bertz CT molecular complexity index is 785. The fraction of sp³-hybridized carbons (Fsp3) is 0.400. The third kappa shape index (κ3) is 2.79. The van der Waals surface area contributed by atoms with Gasteiger partial charge in [0.2, 0.25) is 10.0 Å². The van der Waals surface area contributed by atoms with Gasteiger partial charge in [0, 0.05) is 19.8 Å². The molecular weight excluding hydrogens is 302 g/mol. The molecule has 1 heterocycles. The first-order chi connectivity index (χ1) is 10.4. The number of fused-ring (bicyclic) bond motifs is 1. The second-order valence-electron chi connectivity index (χ2n) is 5.72. The molecule has 0 radical (unpaired) electrons. The van der Waals surface area contributed by atoms with E-state index in [-0.39, 0.29) is 11.4 Å². The third-order valence-corrected chi connectivity index (χ3v) is 5.46. The molecule has 0 aliphatic heterocycles. The van der Waals surface area contributed by atoms with Crippen LogP contribution in [0, 0.1) is 0 Å². The standard InChI is InChI=1S/C15H19N3O3S/c1-18-10-13(9-16-18)22(20,21)17-11-15(19)8-4-6-12-5-2-3-7-14(12)15/h2-3,5,7,9-10,17,19H,4,6,8,11H2,1H3/t15-/m1/s1. The third-order valence-electron chi connectivity index (χ3n) is 4.10. The number of benzene rings is 1. The van der Waals surface area contributed by atoms with Crippen LogP contribution in [-0.2, 0) is 29.1 Å². The molecule has 1 aliphatic rings. The minimum atomic E-state index is -3.67. The molecule has 7 heteroatoms. The lowest BCUT2D eigenvalue weighted by Gasteiger charge is -2.34. The quantitative estimate of drug-likeness (QED) is 0.877. The summed E-state index contributed by atoms with van der Waals surface area (Å²) in [5.74, 6) is 0. The van der Waals surface area contributed by atoms with Crippen LogP contribution in [0.2, 0.25) is 0 Å². The van der Waals surface area contributed by atoms with E-state index in [1.54, 1.807) is 7.05 Å². The van der Waals surface area contributed by atoms with Gasteiger partial charge in [0.15, 0.2) is 0 Å². The number of rotatable bonds is 4. The molecule has 0 fully saturated rings. The predicted molar refractivity (Wildman–Crippen MR) is 81.7 cm³/mol. The van der Waals surface area contributed by atoms with Crippen molar-refractivity contribution >= 4 is 10.0 Å². The molecule has 1 atom stereocenters. The Morgan fingerprint density at radius 1 is 1.41 bits per heavy atom. The highest BCUT2D eigenvalue weighted by atomic mass is 32.2. The summed E-state index contributed by atoms with van der Waals surface area (Å²) >= 11 is 0. The van der Waals surface area contributed by atoms with Gasteiger partial charge in [-0.3, -0.25) is 4.68 Å². The highest BCUT2D eigenvalue weighted by Gasteiger charge is 2.35. The summed E-state index contributed by atoms with van der Waals surface area (Å²) in [5, 5.41) is 14.8. The maximum absolute atomic E-state index is 12.3. The monoisotopic (exact) mass is 321 g/mol. The fourth-order valence-corrected chi connectivity index (χ4v) is 3.99. The average molecular weight is 321 g/mol. The maximum atomic E-state index is 12.3. The molecule has 1 aliphatic carbocycles. The van der Waals surface area contributed by atoms with Crippen LogP contribution >= 0.6 is 0 Å². The van der Waals surface area contributed by atoms with Crippen LogP contribution < -0.4 is 4.72 Å². The number of aromatic nitrogens is 2. The molecular formula is C15H19N3O3S. The first-order valence-corrected chi connectivity index (χ1v) is 8.68. The van der Waals surface area contributed by atoms with Crippen molar-refractivity contribution in [2.75, 3.05) is 6.54 Å². The largest absolute Gasteiger partial charge is 0.384 e. The smallest absolute Gasteiger partial charge is 0.243 e. The minimum absolute atomic E-state index is 0.0404. The molecule has 118 valence electrons. The van der Waals surface area contributed by atoms with Crippen molar-refractivity contribution in [2.45, 2.75) is 29.8 Å². The normalized spacial score (nSPS) is 21.5. The Labute approximate surface area is 129 Å². The van der Waals surface area contributed by atoms with Crippen molar-refractivity contribution in [2.24, 2.45) is 7.05 Å². The number of nitrogens with zero attached hydrogens (tertiary/aromatic N) is 2. The van der Waals surface area contributed by atoms with E-state index < -0.39 is 15.6 Å². The lowest BCUT2D eigenvalue weighted by Crippen LogP contribution is -2.42. The molecule has 0 unspecified atom stereocenters. The van der Waals surface area contributed by atoms with Gasteiger partial charge in [-0.1, -0.05) is 24.3 Å². The highest BCUT2D eigenvalue weighted by molar-refractivity contribution is 7.89. The molecule has 0 bridgehead atoms. The second kappa shape index (κ2) is 5.49. The van der Waals surface area contributed by atoms with Gasteiger partial charge in [0.05, 0.1) is 6.20 Å².